The van der Waals surface area contributed by atoms with E-state index in [4.69, 9.17) is 11.8 Å². The van der Waals surface area contributed by atoms with Gasteiger partial charge in [0.15, 0.2) is 0 Å². The number of rotatable bonds is 3. The van der Waals surface area contributed by atoms with Crippen LogP contribution in [0.5, 0.6) is 0 Å². The van der Waals surface area contributed by atoms with E-state index in [0.717, 1.165) is 12.5 Å². The van der Waals surface area contributed by atoms with Crippen LogP contribution >= 0.6 is 23.1 Å². The maximum absolute atomic E-state index is 5.51. The molecule has 2 rings (SSSR count). The first-order valence-electron chi connectivity index (χ1n) is 5.13. The van der Waals surface area contributed by atoms with Crippen molar-refractivity contribution in [1.82, 2.24) is 9.82 Å². The predicted molar refractivity (Wildman–Crippen MR) is 60.7 cm³/mol. The summed E-state index contributed by atoms with van der Waals surface area (Å²) in [6, 6.07) is 0. The molecule has 4 heteroatoms. The van der Waals surface area contributed by atoms with E-state index in [1.54, 1.807) is 11.3 Å². The minimum absolute atomic E-state index is 0.710. The summed E-state index contributed by atoms with van der Waals surface area (Å²) in [5.74, 6) is 1.48. The molecule has 0 atom stereocenters. The highest BCUT2D eigenvalue weighted by Gasteiger charge is 2.23. The van der Waals surface area contributed by atoms with Gasteiger partial charge in [-0.15, -0.1) is 11.3 Å². The highest BCUT2D eigenvalue weighted by atomic mass is 35.5. The molecule has 1 saturated carbocycles. The monoisotopic (exact) mass is 230 g/mol. The van der Waals surface area contributed by atoms with Gasteiger partial charge >= 0.3 is 0 Å². The molecule has 2 nitrogen and oxygen atoms in total. The van der Waals surface area contributed by atoms with Crippen LogP contribution in [0, 0.1) is 5.92 Å². The Morgan fingerprint density at radius 2 is 2.21 bits per heavy atom. The van der Waals surface area contributed by atoms with Gasteiger partial charge < -0.3 is 0 Å². The van der Waals surface area contributed by atoms with Crippen LogP contribution in [-0.4, -0.2) is 11.5 Å². The minimum atomic E-state index is 0.710. The van der Waals surface area contributed by atoms with Gasteiger partial charge in [0.1, 0.15) is 0 Å². The summed E-state index contributed by atoms with van der Waals surface area (Å²) < 4.78 is 0. The Labute approximate surface area is 93.8 Å². The average Bonchev–Trinajstić information content (AvgIpc) is 2.72. The van der Waals surface area contributed by atoms with Gasteiger partial charge in [0.25, 0.3) is 0 Å². The smallest absolute Gasteiger partial charge is 0.0955 e. The third-order valence-corrected chi connectivity index (χ3v) is 4.11. The van der Waals surface area contributed by atoms with E-state index < -0.39 is 0 Å². The van der Waals surface area contributed by atoms with Crippen molar-refractivity contribution in [2.75, 3.05) is 6.54 Å². The molecule has 78 valence electrons. The van der Waals surface area contributed by atoms with Crippen molar-refractivity contribution in [3.63, 3.8) is 0 Å². The van der Waals surface area contributed by atoms with Crippen molar-refractivity contribution < 1.29 is 0 Å². The number of aromatic nitrogens is 1. The van der Waals surface area contributed by atoms with Gasteiger partial charge in [-0.2, -0.15) is 0 Å². The summed E-state index contributed by atoms with van der Waals surface area (Å²) in [6.45, 7) is 0.951. The van der Waals surface area contributed by atoms with Crippen LogP contribution in [0.15, 0.2) is 11.6 Å². The van der Waals surface area contributed by atoms with Gasteiger partial charge in [0.05, 0.1) is 5.01 Å². The highest BCUT2D eigenvalue weighted by Crippen LogP contribution is 2.36. The summed E-state index contributed by atoms with van der Waals surface area (Å²) in [6.07, 6.45) is 7.02. The first kappa shape index (κ1) is 10.4. The second kappa shape index (κ2) is 5.10. The normalized spacial score (nSPS) is 27.8. The van der Waals surface area contributed by atoms with Crippen LogP contribution < -0.4 is 4.84 Å². The van der Waals surface area contributed by atoms with Gasteiger partial charge in [-0.3, -0.25) is 0 Å². The summed E-state index contributed by atoms with van der Waals surface area (Å²) in [5.41, 5.74) is 0. The average molecular weight is 231 g/mol. The lowest BCUT2D eigenvalue weighted by molar-refractivity contribution is 0.326. The molecule has 0 saturated heterocycles. The van der Waals surface area contributed by atoms with Gasteiger partial charge in [-0.25, -0.2) is 9.82 Å². The van der Waals surface area contributed by atoms with E-state index in [2.05, 4.69) is 15.2 Å². The number of thiazole rings is 1. The van der Waals surface area contributed by atoms with E-state index in [-0.39, 0.29) is 0 Å². The molecule has 0 radical (unpaired) electrons. The van der Waals surface area contributed by atoms with Crippen molar-refractivity contribution >= 4 is 23.1 Å². The van der Waals surface area contributed by atoms with Crippen molar-refractivity contribution in [3.05, 3.63) is 16.6 Å². The summed E-state index contributed by atoms with van der Waals surface area (Å²) in [4.78, 5) is 7.13. The fourth-order valence-electron chi connectivity index (χ4n) is 2.16. The van der Waals surface area contributed by atoms with Crippen molar-refractivity contribution in [2.45, 2.75) is 31.6 Å². The van der Waals surface area contributed by atoms with Gasteiger partial charge in [-0.1, -0.05) is 0 Å². The molecule has 14 heavy (non-hydrogen) atoms. The van der Waals surface area contributed by atoms with Gasteiger partial charge in [0.2, 0.25) is 0 Å². The standard InChI is InChI=1S/C10H15ClN2S/c11-13-7-8-1-3-9(4-2-8)10-12-5-6-14-10/h5-6,8-9,13H,1-4,7H2. The quantitative estimate of drug-likeness (QED) is 0.807. The first-order chi connectivity index (χ1) is 6.90. The Kier molecular flexibility index (Phi) is 3.79. The molecule has 1 aliphatic rings. The molecule has 0 spiro atoms. The highest BCUT2D eigenvalue weighted by molar-refractivity contribution is 7.09. The molecule has 0 bridgehead atoms. The second-order valence-corrected chi connectivity index (χ2v) is 5.12. The Morgan fingerprint density at radius 1 is 1.43 bits per heavy atom. The number of hydrogen-bond acceptors (Lipinski definition) is 3. The fourth-order valence-corrected chi connectivity index (χ4v) is 3.19. The lowest BCUT2D eigenvalue weighted by Gasteiger charge is -2.26. The molecule has 1 aromatic heterocycles. The zero-order chi connectivity index (χ0) is 9.80. The van der Waals surface area contributed by atoms with Crippen LogP contribution in [0.2, 0.25) is 0 Å². The summed E-state index contributed by atoms with van der Waals surface area (Å²) >= 11 is 7.30. The van der Waals surface area contributed by atoms with Gasteiger partial charge in [0, 0.05) is 24.0 Å². The Hall–Kier alpha value is -0.120. The van der Waals surface area contributed by atoms with Crippen LogP contribution in [0.1, 0.15) is 36.6 Å². The molecule has 0 unspecified atom stereocenters. The lowest BCUT2D eigenvalue weighted by atomic mass is 9.82. The molecule has 1 heterocycles. The zero-order valence-electron chi connectivity index (χ0n) is 8.08. The minimum Gasteiger partial charge on any atom is -0.249 e. The maximum Gasteiger partial charge on any atom is 0.0955 e. The van der Waals surface area contributed by atoms with Crippen molar-refractivity contribution in [2.24, 2.45) is 5.92 Å². The maximum atomic E-state index is 5.51. The largest absolute Gasteiger partial charge is 0.249 e. The molecule has 1 fully saturated rings. The number of nitrogens with one attached hydrogen (secondary N) is 1. The third-order valence-electron chi connectivity index (χ3n) is 3.01. The third kappa shape index (κ3) is 2.47. The number of halogens is 1. The lowest BCUT2D eigenvalue weighted by Crippen LogP contribution is -2.20. The first-order valence-corrected chi connectivity index (χ1v) is 6.39. The summed E-state index contributed by atoms with van der Waals surface area (Å²) in [7, 11) is 0. The molecule has 0 aromatic carbocycles. The Balaban J connectivity index is 1.84. The predicted octanol–water partition coefficient (Wildman–Crippen LogP) is 3.16. The van der Waals surface area contributed by atoms with Crippen LogP contribution in [0.4, 0.5) is 0 Å². The van der Waals surface area contributed by atoms with E-state index in [1.807, 2.05) is 6.20 Å². The van der Waals surface area contributed by atoms with Crippen LogP contribution in [-0.2, 0) is 0 Å². The Bertz CT molecular complexity index is 255. The molecular formula is C10H15ClN2S. The topological polar surface area (TPSA) is 24.9 Å². The number of nitrogens with zero attached hydrogens (tertiary/aromatic N) is 1. The fraction of sp³-hybridized carbons (Fsp3) is 0.700. The zero-order valence-corrected chi connectivity index (χ0v) is 9.65. The number of hydrogen-bond donors (Lipinski definition) is 1. The Morgan fingerprint density at radius 3 is 2.79 bits per heavy atom. The van der Waals surface area contributed by atoms with Crippen LogP contribution in [0.25, 0.3) is 0 Å². The van der Waals surface area contributed by atoms with Crippen molar-refractivity contribution in [1.29, 1.82) is 0 Å². The molecule has 1 aliphatic carbocycles. The van der Waals surface area contributed by atoms with E-state index >= 15 is 0 Å². The van der Waals surface area contributed by atoms with E-state index in [0.29, 0.717) is 5.92 Å². The van der Waals surface area contributed by atoms with Crippen molar-refractivity contribution in [3.8, 4) is 0 Å². The van der Waals surface area contributed by atoms with Crippen LogP contribution in [0.3, 0.4) is 0 Å². The van der Waals surface area contributed by atoms with Gasteiger partial charge in [-0.05, 0) is 43.4 Å². The molecule has 1 N–H and O–H groups in total. The molecule has 1 aromatic rings. The molecule has 0 aliphatic heterocycles. The SMILES string of the molecule is ClNCC1CCC(c2nccs2)CC1. The van der Waals surface area contributed by atoms with E-state index in [1.165, 1.54) is 30.7 Å². The second-order valence-electron chi connectivity index (χ2n) is 3.93. The summed E-state index contributed by atoms with van der Waals surface area (Å²) in [5, 5.41) is 3.39. The molecule has 0 amide bonds. The molecular weight excluding hydrogens is 216 g/mol. The van der Waals surface area contributed by atoms with E-state index in [9.17, 15) is 0 Å².